The Balaban J connectivity index is 0.000000258. The number of β-lactam (4-membered cyclic amide) rings is 1. The summed E-state index contributed by atoms with van der Waals surface area (Å²) in [5, 5.41) is 16.3. The minimum Gasteiger partial charge on any atom is -0.477 e. The number of carboxylic acids is 2. The molecular weight excluding hydrogens is 284 g/mol. The van der Waals surface area contributed by atoms with E-state index in [9.17, 15) is 18.4 Å². The number of thioether (sulfide) groups is 1. The molecule has 1 unspecified atom stereocenters. The summed E-state index contributed by atoms with van der Waals surface area (Å²) in [4.78, 5) is 32.2. The first kappa shape index (κ1) is 15.4. The molecule has 19 heavy (non-hydrogen) atoms. The summed E-state index contributed by atoms with van der Waals surface area (Å²) < 4.78 is 21.1. The SMILES string of the molecule is CC1C=C(C(=O)O)N2C(=O)C[C@H]2S1.O=C(O)C(F)F. The van der Waals surface area contributed by atoms with Gasteiger partial charge in [0.15, 0.2) is 0 Å². The van der Waals surface area contributed by atoms with Gasteiger partial charge in [-0.2, -0.15) is 8.78 Å². The van der Waals surface area contributed by atoms with E-state index in [1.165, 1.54) is 4.90 Å². The molecule has 2 N–H and O–H groups in total. The van der Waals surface area contributed by atoms with Gasteiger partial charge >= 0.3 is 18.4 Å². The third-order valence-corrected chi connectivity index (χ3v) is 3.59. The molecule has 0 saturated carbocycles. The van der Waals surface area contributed by atoms with Crippen LogP contribution in [0.3, 0.4) is 0 Å². The maximum atomic E-state index is 11.1. The van der Waals surface area contributed by atoms with Gasteiger partial charge in [-0.25, -0.2) is 9.59 Å². The van der Waals surface area contributed by atoms with Crippen molar-refractivity contribution in [2.24, 2.45) is 0 Å². The Bertz CT molecular complexity index is 440. The van der Waals surface area contributed by atoms with E-state index >= 15 is 0 Å². The maximum absolute atomic E-state index is 11.1. The molecule has 6 nitrogen and oxygen atoms in total. The highest BCUT2D eigenvalue weighted by molar-refractivity contribution is 8.00. The van der Waals surface area contributed by atoms with Gasteiger partial charge in [-0.3, -0.25) is 9.69 Å². The number of aliphatic carboxylic acids is 2. The number of rotatable bonds is 2. The molecule has 2 aliphatic rings. The van der Waals surface area contributed by atoms with Crippen molar-refractivity contribution in [3.05, 3.63) is 11.8 Å². The van der Waals surface area contributed by atoms with Crippen molar-refractivity contribution in [2.45, 2.75) is 30.4 Å². The normalized spacial score (nSPS) is 24.7. The number of hydrogen-bond donors (Lipinski definition) is 2. The molecule has 1 amide bonds. The van der Waals surface area contributed by atoms with Crippen LogP contribution in [0, 0.1) is 0 Å². The van der Waals surface area contributed by atoms with E-state index in [4.69, 9.17) is 15.0 Å². The number of halogens is 2. The van der Waals surface area contributed by atoms with Crippen molar-refractivity contribution in [3.63, 3.8) is 0 Å². The first-order valence-corrected chi connectivity index (χ1v) is 6.12. The highest BCUT2D eigenvalue weighted by Crippen LogP contribution is 2.40. The highest BCUT2D eigenvalue weighted by atomic mass is 32.2. The Morgan fingerprint density at radius 3 is 2.37 bits per heavy atom. The average Bonchev–Trinajstić information content (AvgIpc) is 2.27. The molecule has 0 aromatic rings. The summed E-state index contributed by atoms with van der Waals surface area (Å²) >= 11 is 1.63. The molecule has 0 bridgehead atoms. The van der Waals surface area contributed by atoms with Gasteiger partial charge in [-0.15, -0.1) is 11.8 Å². The summed E-state index contributed by atoms with van der Waals surface area (Å²) in [6, 6.07) is 0. The van der Waals surface area contributed by atoms with Crippen LogP contribution in [0.4, 0.5) is 8.78 Å². The molecule has 2 rings (SSSR count). The molecule has 2 atom stereocenters. The summed E-state index contributed by atoms with van der Waals surface area (Å²) in [7, 11) is 0. The smallest absolute Gasteiger partial charge is 0.371 e. The largest absolute Gasteiger partial charge is 0.477 e. The number of fused-ring (bicyclic) bond motifs is 1. The maximum Gasteiger partial charge on any atom is 0.371 e. The lowest BCUT2D eigenvalue weighted by atomic mass is 10.1. The fraction of sp³-hybridized carbons (Fsp3) is 0.500. The number of carbonyl (C=O) groups is 3. The van der Waals surface area contributed by atoms with Crippen LogP contribution < -0.4 is 0 Å². The predicted molar refractivity (Wildman–Crippen MR) is 61.7 cm³/mol. The zero-order valence-corrected chi connectivity index (χ0v) is 10.6. The molecule has 0 aromatic carbocycles. The molecule has 0 aromatic heterocycles. The van der Waals surface area contributed by atoms with Gasteiger partial charge in [0.2, 0.25) is 5.91 Å². The Labute approximate surface area is 111 Å². The Morgan fingerprint density at radius 2 is 2.00 bits per heavy atom. The highest BCUT2D eigenvalue weighted by Gasteiger charge is 2.44. The zero-order chi connectivity index (χ0) is 14.7. The van der Waals surface area contributed by atoms with E-state index in [2.05, 4.69) is 0 Å². The molecule has 0 aliphatic carbocycles. The first-order valence-electron chi connectivity index (χ1n) is 5.17. The minimum absolute atomic E-state index is 0.0543. The van der Waals surface area contributed by atoms with Crippen LogP contribution in [0.5, 0.6) is 0 Å². The quantitative estimate of drug-likeness (QED) is 0.738. The zero-order valence-electron chi connectivity index (χ0n) is 9.75. The Kier molecular flexibility index (Phi) is 4.87. The van der Waals surface area contributed by atoms with Crippen molar-refractivity contribution < 1.29 is 33.4 Å². The van der Waals surface area contributed by atoms with Gasteiger partial charge in [0.05, 0.1) is 11.8 Å². The van der Waals surface area contributed by atoms with Gasteiger partial charge < -0.3 is 10.2 Å². The molecular formula is C10H11F2NO5S. The number of carbonyl (C=O) groups excluding carboxylic acids is 1. The van der Waals surface area contributed by atoms with Crippen LogP contribution in [0.1, 0.15) is 13.3 Å². The van der Waals surface area contributed by atoms with Gasteiger partial charge in [0.1, 0.15) is 5.70 Å². The number of alkyl halides is 2. The fourth-order valence-corrected chi connectivity index (χ4v) is 2.84. The lowest BCUT2D eigenvalue weighted by Crippen LogP contribution is -2.53. The van der Waals surface area contributed by atoms with Crippen LogP contribution in [-0.4, -0.2) is 50.0 Å². The van der Waals surface area contributed by atoms with Crippen molar-refractivity contribution in [1.29, 1.82) is 0 Å². The van der Waals surface area contributed by atoms with Crippen molar-refractivity contribution in [2.75, 3.05) is 0 Å². The first-order chi connectivity index (χ1) is 8.73. The van der Waals surface area contributed by atoms with Gasteiger partial charge in [0.25, 0.3) is 0 Å². The van der Waals surface area contributed by atoms with Gasteiger partial charge in [-0.1, -0.05) is 0 Å². The van der Waals surface area contributed by atoms with E-state index in [0.29, 0.717) is 6.42 Å². The molecule has 0 spiro atoms. The van der Waals surface area contributed by atoms with Crippen LogP contribution >= 0.6 is 11.8 Å². The molecule has 1 saturated heterocycles. The average molecular weight is 295 g/mol. The Hall–Kier alpha value is -1.64. The fourth-order valence-electron chi connectivity index (χ4n) is 1.55. The summed E-state index contributed by atoms with van der Waals surface area (Å²) in [6.45, 7) is 1.94. The number of nitrogens with zero attached hydrogens (tertiary/aromatic N) is 1. The van der Waals surface area contributed by atoms with Crippen LogP contribution in [0.25, 0.3) is 0 Å². The van der Waals surface area contributed by atoms with Gasteiger partial charge in [0, 0.05) is 5.25 Å². The van der Waals surface area contributed by atoms with E-state index in [0.717, 1.165) is 0 Å². The number of hydrogen-bond acceptors (Lipinski definition) is 4. The van der Waals surface area contributed by atoms with Gasteiger partial charge in [-0.05, 0) is 13.0 Å². The van der Waals surface area contributed by atoms with E-state index in [-0.39, 0.29) is 22.2 Å². The minimum atomic E-state index is -3.23. The second-order valence-electron chi connectivity index (χ2n) is 3.76. The predicted octanol–water partition coefficient (Wildman–Crippen LogP) is 0.985. The third kappa shape index (κ3) is 3.66. The monoisotopic (exact) mass is 295 g/mol. The summed E-state index contributed by atoms with van der Waals surface area (Å²) in [5.41, 5.74) is 0.146. The lowest BCUT2D eigenvalue weighted by Gasteiger charge is -2.43. The van der Waals surface area contributed by atoms with Crippen LogP contribution in [-0.2, 0) is 14.4 Å². The molecule has 2 heterocycles. The molecule has 0 radical (unpaired) electrons. The molecule has 1 fully saturated rings. The standard InChI is InChI=1S/C8H9NO3S.C2H2F2O2/c1-4-2-5(8(11)12)9-6(10)3-7(9)13-4;3-1(4)2(5)6/h2,4,7H,3H2,1H3,(H,11,12);1H,(H,5,6)/t4?,7-;/m1./s1. The molecule has 2 aliphatic heterocycles. The van der Waals surface area contributed by atoms with Crippen molar-refractivity contribution >= 4 is 29.6 Å². The van der Waals surface area contributed by atoms with Crippen LogP contribution in [0.15, 0.2) is 11.8 Å². The van der Waals surface area contributed by atoms with Crippen molar-refractivity contribution in [1.82, 2.24) is 4.90 Å². The van der Waals surface area contributed by atoms with E-state index in [1.54, 1.807) is 17.8 Å². The second kappa shape index (κ2) is 6.00. The summed E-state index contributed by atoms with van der Waals surface area (Å²) in [5.74, 6) is -3.17. The number of carboxylic acid groups (broad SMARTS) is 2. The molecule has 9 heteroatoms. The lowest BCUT2D eigenvalue weighted by molar-refractivity contribution is -0.149. The van der Waals surface area contributed by atoms with E-state index in [1.807, 2.05) is 6.92 Å². The van der Waals surface area contributed by atoms with Crippen LogP contribution in [0.2, 0.25) is 0 Å². The topological polar surface area (TPSA) is 94.9 Å². The molecule has 106 valence electrons. The number of amides is 1. The Morgan fingerprint density at radius 1 is 1.47 bits per heavy atom. The second-order valence-corrected chi connectivity index (χ2v) is 5.32. The van der Waals surface area contributed by atoms with Crippen molar-refractivity contribution in [3.8, 4) is 0 Å². The van der Waals surface area contributed by atoms with E-state index < -0.39 is 18.4 Å². The summed E-state index contributed by atoms with van der Waals surface area (Å²) in [6.07, 6.45) is -1.13. The third-order valence-electron chi connectivity index (χ3n) is 2.34.